The zero-order chi connectivity index (χ0) is 26.7. The van der Waals surface area contributed by atoms with Crippen molar-refractivity contribution in [2.75, 3.05) is 23.0 Å². The number of carbonyl (C=O) groups is 4. The molecule has 0 N–H and O–H groups in total. The van der Waals surface area contributed by atoms with Crippen LogP contribution in [0.4, 0.5) is 11.4 Å². The lowest BCUT2D eigenvalue weighted by molar-refractivity contribution is -0.121. The van der Waals surface area contributed by atoms with Gasteiger partial charge in [-0.2, -0.15) is 0 Å². The number of carbonyl (C=O) groups excluding carboxylic acids is 4. The number of anilines is 2. The summed E-state index contributed by atoms with van der Waals surface area (Å²) < 4.78 is 38.3. The third kappa shape index (κ3) is 4.71. The molecule has 2 aromatic carbocycles. The normalized spacial score (nSPS) is 15.0. The van der Waals surface area contributed by atoms with E-state index < -0.39 is 33.5 Å². The topological polar surface area (TPSA) is 127 Å². The van der Waals surface area contributed by atoms with Crippen molar-refractivity contribution in [3.8, 4) is 11.5 Å². The van der Waals surface area contributed by atoms with E-state index in [1.807, 2.05) is 0 Å². The summed E-state index contributed by atoms with van der Waals surface area (Å²) in [4.78, 5) is 50.3. The predicted octanol–water partition coefficient (Wildman–Crippen LogP) is 2.51. The zero-order valence-electron chi connectivity index (χ0n) is 19.3. The van der Waals surface area contributed by atoms with Gasteiger partial charge in [-0.1, -0.05) is 25.3 Å². The highest BCUT2D eigenvalue weighted by atomic mass is 32.2. The zero-order valence-corrected chi connectivity index (χ0v) is 20.1. The Morgan fingerprint density at radius 2 is 1.00 bits per heavy atom. The molecule has 0 aromatic heterocycles. The molecule has 37 heavy (non-hydrogen) atoms. The molecule has 0 spiro atoms. The van der Waals surface area contributed by atoms with Crippen molar-refractivity contribution in [3.63, 3.8) is 0 Å². The van der Waals surface area contributed by atoms with E-state index in [1.165, 1.54) is 36.4 Å². The number of amides is 4. The van der Waals surface area contributed by atoms with Gasteiger partial charge >= 0.3 is 0 Å². The Bertz CT molecular complexity index is 1380. The van der Waals surface area contributed by atoms with Crippen LogP contribution in [-0.2, 0) is 29.0 Å². The molecule has 10 nitrogen and oxygen atoms in total. The molecule has 188 valence electrons. The molecule has 2 heterocycles. The van der Waals surface area contributed by atoms with Crippen LogP contribution in [-0.4, -0.2) is 45.3 Å². The molecule has 4 rings (SSSR count). The van der Waals surface area contributed by atoms with Crippen molar-refractivity contribution in [1.82, 2.24) is 0 Å². The average Bonchev–Trinajstić information content (AvgIpc) is 3.40. The largest absolute Gasteiger partial charge is 0.487 e. The van der Waals surface area contributed by atoms with Crippen LogP contribution in [0, 0.1) is 0 Å². The molecule has 11 heteroatoms. The second-order valence-corrected chi connectivity index (χ2v) is 9.60. The van der Waals surface area contributed by atoms with E-state index in [0.29, 0.717) is 0 Å². The summed E-state index contributed by atoms with van der Waals surface area (Å²) in [5, 5.41) is 0. The van der Waals surface area contributed by atoms with E-state index >= 15 is 0 Å². The third-order valence-corrected chi connectivity index (χ3v) is 7.04. The van der Waals surface area contributed by atoms with Gasteiger partial charge in [-0.25, -0.2) is 18.2 Å². The van der Waals surface area contributed by atoms with E-state index in [0.717, 1.165) is 46.2 Å². The summed E-state index contributed by atoms with van der Waals surface area (Å²) >= 11 is 0. The van der Waals surface area contributed by atoms with Crippen molar-refractivity contribution in [3.05, 3.63) is 86.0 Å². The van der Waals surface area contributed by atoms with Crippen molar-refractivity contribution >= 4 is 44.8 Å². The first-order chi connectivity index (χ1) is 17.7. The molecular formula is C26H20N2O8S. The van der Waals surface area contributed by atoms with Crippen LogP contribution in [0.3, 0.4) is 0 Å². The Labute approximate surface area is 212 Å². The third-order valence-electron chi connectivity index (χ3n) is 5.30. The highest BCUT2D eigenvalue weighted by Crippen LogP contribution is 2.38. The number of imide groups is 2. The minimum Gasteiger partial charge on any atom is -0.487 e. The van der Waals surface area contributed by atoms with Crippen LogP contribution in [0.25, 0.3) is 0 Å². The Morgan fingerprint density at radius 1 is 0.649 bits per heavy atom. The second kappa shape index (κ2) is 10.1. The number of ether oxygens (including phenoxy) is 2. The quantitative estimate of drug-likeness (QED) is 0.345. The van der Waals surface area contributed by atoms with E-state index in [4.69, 9.17) is 9.47 Å². The SMILES string of the molecule is C=CCOc1ccc(S(=O)(=O)c2ccc(OCC=C)c(N3C(=O)C=CC3=O)c2)cc1N1C(=O)C=CC1=O. The lowest BCUT2D eigenvalue weighted by atomic mass is 10.2. The molecule has 4 amide bonds. The molecule has 0 saturated heterocycles. The van der Waals surface area contributed by atoms with Crippen LogP contribution < -0.4 is 19.3 Å². The fourth-order valence-corrected chi connectivity index (χ4v) is 4.93. The molecule has 0 saturated carbocycles. The van der Waals surface area contributed by atoms with Gasteiger partial charge in [0, 0.05) is 24.3 Å². The Morgan fingerprint density at radius 3 is 1.32 bits per heavy atom. The molecule has 2 aliphatic heterocycles. The first-order valence-electron chi connectivity index (χ1n) is 10.8. The Kier molecular flexibility index (Phi) is 6.89. The highest BCUT2D eigenvalue weighted by Gasteiger charge is 2.32. The molecule has 0 fully saturated rings. The molecule has 0 bridgehead atoms. The van der Waals surface area contributed by atoms with E-state index in [9.17, 15) is 27.6 Å². The van der Waals surface area contributed by atoms with Gasteiger partial charge < -0.3 is 9.47 Å². The number of rotatable bonds is 10. The van der Waals surface area contributed by atoms with E-state index in [1.54, 1.807) is 0 Å². The minimum atomic E-state index is -4.28. The maximum absolute atomic E-state index is 13.6. The van der Waals surface area contributed by atoms with E-state index in [2.05, 4.69) is 13.2 Å². The van der Waals surface area contributed by atoms with Gasteiger partial charge in [-0.3, -0.25) is 19.2 Å². The first kappa shape index (κ1) is 25.3. The first-order valence-corrected chi connectivity index (χ1v) is 12.3. The highest BCUT2D eigenvalue weighted by molar-refractivity contribution is 7.91. The Balaban J connectivity index is 1.82. The molecule has 2 aliphatic rings. The summed E-state index contributed by atoms with van der Waals surface area (Å²) in [5.74, 6) is -2.45. The fraction of sp³-hybridized carbons (Fsp3) is 0.0769. The van der Waals surface area contributed by atoms with Gasteiger partial charge in [-0.15, -0.1) is 0 Å². The summed E-state index contributed by atoms with van der Waals surface area (Å²) in [7, 11) is -4.28. The van der Waals surface area contributed by atoms with Crippen LogP contribution in [0.5, 0.6) is 11.5 Å². The average molecular weight is 521 g/mol. The molecule has 2 aromatic rings. The van der Waals surface area contributed by atoms with E-state index in [-0.39, 0.29) is 45.9 Å². The van der Waals surface area contributed by atoms with Crippen LogP contribution in [0.1, 0.15) is 0 Å². The molecule has 0 aliphatic carbocycles. The monoisotopic (exact) mass is 520 g/mol. The van der Waals surface area contributed by atoms with Gasteiger partial charge in [0.05, 0.1) is 21.2 Å². The number of benzene rings is 2. The molecular weight excluding hydrogens is 500 g/mol. The van der Waals surface area contributed by atoms with Gasteiger partial charge in [0.1, 0.15) is 24.7 Å². The molecule has 0 unspecified atom stereocenters. The maximum atomic E-state index is 13.6. The van der Waals surface area contributed by atoms with Crippen LogP contribution in [0.2, 0.25) is 0 Å². The maximum Gasteiger partial charge on any atom is 0.258 e. The smallest absolute Gasteiger partial charge is 0.258 e. The Hall–Kier alpha value is -4.77. The summed E-state index contributed by atoms with van der Waals surface area (Å²) in [6.45, 7) is 7.20. The van der Waals surface area contributed by atoms with Gasteiger partial charge in [0.25, 0.3) is 23.6 Å². The second-order valence-electron chi connectivity index (χ2n) is 7.65. The van der Waals surface area contributed by atoms with Crippen molar-refractivity contribution in [2.24, 2.45) is 0 Å². The van der Waals surface area contributed by atoms with Crippen LogP contribution >= 0.6 is 0 Å². The predicted molar refractivity (Wildman–Crippen MR) is 133 cm³/mol. The van der Waals surface area contributed by atoms with Crippen molar-refractivity contribution in [1.29, 1.82) is 0 Å². The number of hydrogen-bond acceptors (Lipinski definition) is 8. The molecule has 0 radical (unpaired) electrons. The van der Waals surface area contributed by atoms with Gasteiger partial charge in [0.2, 0.25) is 9.84 Å². The van der Waals surface area contributed by atoms with Crippen molar-refractivity contribution < 1.29 is 37.1 Å². The lowest BCUT2D eigenvalue weighted by Gasteiger charge is -2.20. The summed E-state index contributed by atoms with van der Waals surface area (Å²) in [6, 6.07) is 7.45. The van der Waals surface area contributed by atoms with Crippen molar-refractivity contribution in [2.45, 2.75) is 9.79 Å². The van der Waals surface area contributed by atoms with Gasteiger partial charge in [-0.05, 0) is 36.4 Å². The minimum absolute atomic E-state index is 0.0458. The number of nitrogens with zero attached hydrogens (tertiary/aromatic N) is 2. The van der Waals surface area contributed by atoms with Gasteiger partial charge in [0.15, 0.2) is 0 Å². The fourth-order valence-electron chi connectivity index (χ4n) is 3.63. The molecule has 0 atom stereocenters. The number of hydrogen-bond donors (Lipinski definition) is 0. The summed E-state index contributed by atoms with van der Waals surface area (Å²) in [5.41, 5.74) is -0.133. The summed E-state index contributed by atoms with van der Waals surface area (Å²) in [6.07, 6.45) is 7.15. The lowest BCUT2D eigenvalue weighted by Crippen LogP contribution is -2.30. The van der Waals surface area contributed by atoms with Crippen LogP contribution in [0.15, 0.2) is 95.8 Å². The standard InChI is InChI=1S/C26H20N2O8S/c1-3-13-35-21-7-5-17(15-19(21)27-23(29)9-10-24(27)30)37(33,34)18-6-8-22(36-14-4-2)20(16-18)28-25(31)11-12-26(28)32/h3-12,15-16H,1-2,13-14H2. The number of sulfone groups is 1.